The second-order valence-electron chi connectivity index (χ2n) is 4.16. The second-order valence-corrected chi connectivity index (χ2v) is 4.16. The van der Waals surface area contributed by atoms with Gasteiger partial charge in [-0.1, -0.05) is 6.42 Å². The summed E-state index contributed by atoms with van der Waals surface area (Å²) in [5.41, 5.74) is 0. The molecule has 0 radical (unpaired) electrons. The molecule has 1 N–H and O–H groups in total. The van der Waals surface area contributed by atoms with E-state index >= 15 is 0 Å². The van der Waals surface area contributed by atoms with Gasteiger partial charge in [-0.25, -0.2) is 9.37 Å². The summed E-state index contributed by atoms with van der Waals surface area (Å²) in [6.45, 7) is 4.07. The van der Waals surface area contributed by atoms with Crippen LogP contribution in [0.4, 0.5) is 10.2 Å². The van der Waals surface area contributed by atoms with Gasteiger partial charge in [0.25, 0.3) is 0 Å². The highest BCUT2D eigenvalue weighted by Gasteiger charge is 2.09. The average Bonchev–Trinajstić information content (AvgIpc) is 2.33. The highest BCUT2D eigenvalue weighted by molar-refractivity contribution is 5.35. The smallest absolute Gasteiger partial charge is 0.165 e. The van der Waals surface area contributed by atoms with Crippen molar-refractivity contribution in [1.29, 1.82) is 0 Å². The van der Waals surface area contributed by atoms with Crippen molar-refractivity contribution < 1.29 is 4.39 Å². The minimum absolute atomic E-state index is 0.277. The molecule has 1 aliphatic heterocycles. The second kappa shape index (κ2) is 5.80. The highest BCUT2D eigenvalue weighted by atomic mass is 19.1. The van der Waals surface area contributed by atoms with Crippen LogP contribution in [0.15, 0.2) is 18.3 Å². The first kappa shape index (κ1) is 11.3. The summed E-state index contributed by atoms with van der Waals surface area (Å²) < 4.78 is 13.2. The zero-order valence-electron chi connectivity index (χ0n) is 9.45. The Hall–Kier alpha value is -1.16. The average molecular weight is 223 g/mol. The Balaban J connectivity index is 1.73. The fraction of sp³-hybridized carbons (Fsp3) is 0.583. The molecule has 0 atom stereocenters. The van der Waals surface area contributed by atoms with Crippen LogP contribution < -0.4 is 5.32 Å². The van der Waals surface area contributed by atoms with E-state index in [1.807, 2.05) is 0 Å². The molecule has 1 saturated heterocycles. The van der Waals surface area contributed by atoms with Gasteiger partial charge in [0.1, 0.15) is 0 Å². The van der Waals surface area contributed by atoms with Gasteiger partial charge in [0, 0.05) is 19.3 Å². The Kier molecular flexibility index (Phi) is 4.10. The summed E-state index contributed by atoms with van der Waals surface area (Å²) in [6, 6.07) is 3.03. The van der Waals surface area contributed by atoms with Gasteiger partial charge in [-0.3, -0.25) is 0 Å². The van der Waals surface area contributed by atoms with E-state index in [-0.39, 0.29) is 5.82 Å². The summed E-state index contributed by atoms with van der Waals surface area (Å²) in [4.78, 5) is 6.37. The third-order valence-electron chi connectivity index (χ3n) is 2.93. The molecule has 2 rings (SSSR count). The van der Waals surface area contributed by atoms with Gasteiger partial charge in [-0.15, -0.1) is 0 Å². The monoisotopic (exact) mass is 223 g/mol. The van der Waals surface area contributed by atoms with Crippen molar-refractivity contribution in [2.45, 2.75) is 19.3 Å². The number of nitrogens with one attached hydrogen (secondary N) is 1. The molecule has 0 spiro atoms. The van der Waals surface area contributed by atoms with Gasteiger partial charge in [-0.2, -0.15) is 0 Å². The number of nitrogens with zero attached hydrogens (tertiary/aromatic N) is 2. The van der Waals surface area contributed by atoms with Crippen LogP contribution in [0.2, 0.25) is 0 Å². The third-order valence-corrected chi connectivity index (χ3v) is 2.93. The van der Waals surface area contributed by atoms with E-state index in [1.54, 1.807) is 12.3 Å². The zero-order valence-corrected chi connectivity index (χ0v) is 9.45. The van der Waals surface area contributed by atoms with Crippen molar-refractivity contribution in [1.82, 2.24) is 9.88 Å². The van der Waals surface area contributed by atoms with Crippen molar-refractivity contribution in [2.75, 3.05) is 31.5 Å². The highest BCUT2D eigenvalue weighted by Crippen LogP contribution is 2.10. The standard InChI is InChI=1S/C12H18FN3/c13-11-5-4-6-14-12(11)15-7-10-16-8-2-1-3-9-16/h4-6H,1-3,7-10H2,(H,14,15). The molecule has 1 aliphatic rings. The number of anilines is 1. The molecule has 2 heterocycles. The molecule has 1 aromatic heterocycles. The third kappa shape index (κ3) is 3.17. The Morgan fingerprint density at radius 3 is 2.88 bits per heavy atom. The van der Waals surface area contributed by atoms with E-state index in [1.165, 1.54) is 38.4 Å². The molecule has 1 aromatic rings. The topological polar surface area (TPSA) is 28.2 Å². The Morgan fingerprint density at radius 2 is 2.12 bits per heavy atom. The van der Waals surface area contributed by atoms with E-state index in [9.17, 15) is 4.39 Å². The van der Waals surface area contributed by atoms with Crippen molar-refractivity contribution in [3.8, 4) is 0 Å². The number of likely N-dealkylation sites (tertiary alicyclic amines) is 1. The number of rotatable bonds is 4. The van der Waals surface area contributed by atoms with E-state index in [2.05, 4.69) is 15.2 Å². The van der Waals surface area contributed by atoms with E-state index < -0.39 is 0 Å². The fourth-order valence-corrected chi connectivity index (χ4v) is 2.03. The zero-order chi connectivity index (χ0) is 11.2. The minimum atomic E-state index is -0.277. The molecule has 0 aromatic carbocycles. The predicted octanol–water partition coefficient (Wildman–Crippen LogP) is 2.12. The quantitative estimate of drug-likeness (QED) is 0.847. The summed E-state index contributed by atoms with van der Waals surface area (Å²) in [6.07, 6.45) is 5.53. The fourth-order valence-electron chi connectivity index (χ4n) is 2.03. The van der Waals surface area contributed by atoms with Gasteiger partial charge in [0.15, 0.2) is 11.6 Å². The molecule has 4 heteroatoms. The van der Waals surface area contributed by atoms with Crippen molar-refractivity contribution >= 4 is 5.82 Å². The van der Waals surface area contributed by atoms with E-state index in [0.717, 1.165) is 13.1 Å². The SMILES string of the molecule is Fc1cccnc1NCCN1CCCCC1. The van der Waals surface area contributed by atoms with Crippen molar-refractivity contribution in [3.63, 3.8) is 0 Å². The van der Waals surface area contributed by atoms with Crippen LogP contribution in [-0.2, 0) is 0 Å². The first-order valence-corrected chi connectivity index (χ1v) is 5.93. The maximum Gasteiger partial charge on any atom is 0.165 e. The maximum absolute atomic E-state index is 13.2. The van der Waals surface area contributed by atoms with Crippen LogP contribution in [0.1, 0.15) is 19.3 Å². The van der Waals surface area contributed by atoms with Crippen LogP contribution in [0.25, 0.3) is 0 Å². The van der Waals surface area contributed by atoms with Gasteiger partial charge < -0.3 is 10.2 Å². The van der Waals surface area contributed by atoms with Gasteiger partial charge in [0.2, 0.25) is 0 Å². The molecule has 0 amide bonds. The lowest BCUT2D eigenvalue weighted by atomic mass is 10.1. The summed E-state index contributed by atoms with van der Waals surface area (Å²) in [5.74, 6) is 0.0839. The molecule has 0 bridgehead atoms. The van der Waals surface area contributed by atoms with Crippen LogP contribution in [0.3, 0.4) is 0 Å². The molecule has 3 nitrogen and oxygen atoms in total. The van der Waals surface area contributed by atoms with Gasteiger partial charge in [0.05, 0.1) is 0 Å². The maximum atomic E-state index is 13.2. The predicted molar refractivity (Wildman–Crippen MR) is 63.0 cm³/mol. The molecule has 0 aliphatic carbocycles. The lowest BCUT2D eigenvalue weighted by Crippen LogP contribution is -2.33. The summed E-state index contributed by atoms with van der Waals surface area (Å²) in [5, 5.41) is 3.03. The molecular formula is C12H18FN3. The molecule has 1 fully saturated rings. The van der Waals surface area contributed by atoms with Crippen LogP contribution in [0, 0.1) is 5.82 Å². The van der Waals surface area contributed by atoms with Crippen molar-refractivity contribution in [2.24, 2.45) is 0 Å². The van der Waals surface area contributed by atoms with Gasteiger partial charge in [-0.05, 0) is 38.1 Å². The molecule has 0 unspecified atom stereocenters. The summed E-state index contributed by atoms with van der Waals surface area (Å²) in [7, 11) is 0. The Labute approximate surface area is 95.7 Å². The van der Waals surface area contributed by atoms with Crippen LogP contribution >= 0.6 is 0 Å². The lowest BCUT2D eigenvalue weighted by Gasteiger charge is -2.26. The number of halogens is 1. The number of piperidine rings is 1. The Morgan fingerprint density at radius 1 is 1.31 bits per heavy atom. The number of aromatic nitrogens is 1. The molecular weight excluding hydrogens is 205 g/mol. The number of pyridine rings is 1. The normalized spacial score (nSPS) is 17.3. The number of hydrogen-bond acceptors (Lipinski definition) is 3. The lowest BCUT2D eigenvalue weighted by molar-refractivity contribution is 0.237. The first-order valence-electron chi connectivity index (χ1n) is 5.93. The van der Waals surface area contributed by atoms with Crippen LogP contribution in [-0.4, -0.2) is 36.1 Å². The van der Waals surface area contributed by atoms with Gasteiger partial charge >= 0.3 is 0 Å². The molecule has 0 saturated carbocycles. The Bertz CT molecular complexity index is 324. The summed E-state index contributed by atoms with van der Waals surface area (Å²) >= 11 is 0. The minimum Gasteiger partial charge on any atom is -0.366 e. The largest absolute Gasteiger partial charge is 0.366 e. The first-order chi connectivity index (χ1) is 7.86. The van der Waals surface area contributed by atoms with Crippen molar-refractivity contribution in [3.05, 3.63) is 24.1 Å². The van der Waals surface area contributed by atoms with Crippen LogP contribution in [0.5, 0.6) is 0 Å². The number of hydrogen-bond donors (Lipinski definition) is 1. The van der Waals surface area contributed by atoms with E-state index in [0.29, 0.717) is 5.82 Å². The van der Waals surface area contributed by atoms with E-state index in [4.69, 9.17) is 0 Å². The molecule has 88 valence electrons. The molecule has 16 heavy (non-hydrogen) atoms.